The fourth-order valence-corrected chi connectivity index (χ4v) is 0.724. The van der Waals surface area contributed by atoms with E-state index in [9.17, 15) is 0 Å². The lowest BCUT2D eigenvalue weighted by molar-refractivity contribution is 1.06. The van der Waals surface area contributed by atoms with Crippen LogP contribution in [0.3, 0.4) is 0 Å². The van der Waals surface area contributed by atoms with Crippen LogP contribution in [0.5, 0.6) is 0 Å². The van der Waals surface area contributed by atoms with Crippen LogP contribution < -0.4 is 0 Å². The Labute approximate surface area is 63.5 Å². The predicted octanol–water partition coefficient (Wildman–Crippen LogP) is 1.99. The van der Waals surface area contributed by atoms with Crippen molar-refractivity contribution < 1.29 is 0 Å². The van der Waals surface area contributed by atoms with Crippen LogP contribution in [0.15, 0.2) is 6.20 Å². The van der Waals surface area contributed by atoms with Gasteiger partial charge in [0.15, 0.2) is 0 Å². The molecule has 0 bridgehead atoms. The third kappa shape index (κ3) is 1.23. The van der Waals surface area contributed by atoms with Crippen LogP contribution in [0.1, 0.15) is 5.82 Å². The minimum absolute atomic E-state index is 0.225. The molecule has 50 valence electrons. The first-order valence-electron chi connectivity index (χ1n) is 2.60. The number of hydrogen-bond acceptors (Lipinski definition) is 2. The van der Waals surface area contributed by atoms with Crippen molar-refractivity contribution >= 4 is 17.3 Å². The topological polar surface area (TPSA) is 30.1 Å². The molecular formula is C6H4ClN3. The third-order valence-corrected chi connectivity index (χ3v) is 1.24. The number of aryl methyl sites for hydroxylation is 1. The van der Waals surface area contributed by atoms with E-state index in [2.05, 4.69) is 14.8 Å². The summed E-state index contributed by atoms with van der Waals surface area (Å²) in [7, 11) is 0. The second kappa shape index (κ2) is 2.63. The first-order chi connectivity index (χ1) is 4.74. The van der Waals surface area contributed by atoms with Gasteiger partial charge < -0.3 is 0 Å². The molecular weight excluding hydrogens is 150 g/mol. The summed E-state index contributed by atoms with van der Waals surface area (Å²) in [5.41, 5.74) is 0.298. The fraction of sp³-hybridized carbons (Fsp3) is 0.167. The zero-order chi connectivity index (χ0) is 7.56. The van der Waals surface area contributed by atoms with Crippen LogP contribution in [-0.2, 0) is 0 Å². The zero-order valence-electron chi connectivity index (χ0n) is 5.30. The first-order valence-corrected chi connectivity index (χ1v) is 2.98. The molecule has 0 amide bonds. The molecule has 0 aliphatic heterocycles. The third-order valence-electron chi connectivity index (χ3n) is 0.965. The first kappa shape index (κ1) is 6.97. The van der Waals surface area contributed by atoms with Crippen molar-refractivity contribution in [1.29, 1.82) is 0 Å². The highest BCUT2D eigenvalue weighted by atomic mass is 35.5. The van der Waals surface area contributed by atoms with Crippen molar-refractivity contribution in [2.45, 2.75) is 6.92 Å². The van der Waals surface area contributed by atoms with Crippen molar-refractivity contribution in [3.05, 3.63) is 28.6 Å². The van der Waals surface area contributed by atoms with Gasteiger partial charge in [-0.05, 0) is 6.92 Å². The van der Waals surface area contributed by atoms with E-state index in [1.807, 2.05) is 0 Å². The molecule has 1 aromatic rings. The Hall–Kier alpha value is -1.14. The Morgan fingerprint density at radius 2 is 2.40 bits per heavy atom. The molecule has 4 heteroatoms. The SMILES string of the molecule is [C-]#[N+]c1cnc(C)nc1Cl. The monoisotopic (exact) mass is 153 g/mol. The van der Waals surface area contributed by atoms with E-state index in [1.165, 1.54) is 6.20 Å². The Morgan fingerprint density at radius 1 is 1.70 bits per heavy atom. The maximum Gasteiger partial charge on any atom is 0.241 e. The standard InChI is InChI=1S/C6H4ClN3/c1-4-9-3-5(8-2)6(7)10-4/h3H,1H3. The van der Waals surface area contributed by atoms with Gasteiger partial charge >= 0.3 is 0 Å². The molecule has 0 radical (unpaired) electrons. The van der Waals surface area contributed by atoms with Crippen LogP contribution in [0, 0.1) is 13.5 Å². The lowest BCUT2D eigenvalue weighted by Gasteiger charge is -1.92. The van der Waals surface area contributed by atoms with Crippen molar-refractivity contribution in [1.82, 2.24) is 9.97 Å². The van der Waals surface area contributed by atoms with Gasteiger partial charge in [0.2, 0.25) is 5.69 Å². The number of aromatic nitrogens is 2. The molecule has 0 aliphatic rings. The summed E-state index contributed by atoms with van der Waals surface area (Å²) in [6.45, 7) is 8.34. The minimum atomic E-state index is 0.225. The Morgan fingerprint density at radius 3 is 2.90 bits per heavy atom. The number of hydrogen-bond donors (Lipinski definition) is 0. The molecule has 0 fully saturated rings. The van der Waals surface area contributed by atoms with E-state index in [1.54, 1.807) is 6.92 Å². The highest BCUT2D eigenvalue weighted by Gasteiger charge is 1.99. The number of halogens is 1. The van der Waals surface area contributed by atoms with Gasteiger partial charge in [0.05, 0.1) is 6.57 Å². The summed E-state index contributed by atoms with van der Waals surface area (Å²) < 4.78 is 0. The van der Waals surface area contributed by atoms with Gasteiger partial charge in [-0.15, -0.1) is 0 Å². The lowest BCUT2D eigenvalue weighted by atomic mass is 10.5. The summed E-state index contributed by atoms with van der Waals surface area (Å²) in [6, 6.07) is 0. The van der Waals surface area contributed by atoms with Gasteiger partial charge in [0.25, 0.3) is 0 Å². The number of nitrogens with zero attached hydrogens (tertiary/aromatic N) is 3. The molecule has 1 heterocycles. The summed E-state index contributed by atoms with van der Waals surface area (Å²) in [4.78, 5) is 10.7. The number of rotatable bonds is 0. The molecule has 0 saturated carbocycles. The van der Waals surface area contributed by atoms with E-state index in [0.29, 0.717) is 11.5 Å². The van der Waals surface area contributed by atoms with Crippen molar-refractivity contribution in [3.63, 3.8) is 0 Å². The summed E-state index contributed by atoms with van der Waals surface area (Å²) in [5, 5.41) is 0.225. The van der Waals surface area contributed by atoms with E-state index < -0.39 is 0 Å². The normalized spacial score (nSPS) is 8.90. The van der Waals surface area contributed by atoms with E-state index in [-0.39, 0.29) is 5.15 Å². The average Bonchev–Trinajstić information content (AvgIpc) is 1.88. The van der Waals surface area contributed by atoms with Crippen molar-refractivity contribution in [2.75, 3.05) is 0 Å². The van der Waals surface area contributed by atoms with Crippen LogP contribution in [0.25, 0.3) is 4.85 Å². The van der Waals surface area contributed by atoms with Gasteiger partial charge in [-0.25, -0.2) is 9.83 Å². The van der Waals surface area contributed by atoms with Crippen LogP contribution in [0.2, 0.25) is 5.15 Å². The van der Waals surface area contributed by atoms with Gasteiger partial charge in [-0.2, -0.15) is 0 Å². The molecule has 3 nitrogen and oxygen atoms in total. The quantitative estimate of drug-likeness (QED) is 0.422. The molecule has 1 rings (SSSR count). The van der Waals surface area contributed by atoms with Crippen molar-refractivity contribution in [2.24, 2.45) is 0 Å². The summed E-state index contributed by atoms with van der Waals surface area (Å²) in [5.74, 6) is 0.581. The second-order valence-corrected chi connectivity index (χ2v) is 2.06. The Balaban J connectivity index is 3.23. The molecule has 0 aliphatic carbocycles. The Bertz CT molecular complexity index is 290. The van der Waals surface area contributed by atoms with Gasteiger partial charge in [0.1, 0.15) is 11.0 Å². The van der Waals surface area contributed by atoms with Gasteiger partial charge in [-0.3, -0.25) is 4.98 Å². The van der Waals surface area contributed by atoms with Crippen LogP contribution in [0.4, 0.5) is 5.69 Å². The highest BCUT2D eigenvalue weighted by molar-refractivity contribution is 6.32. The largest absolute Gasteiger partial charge is 0.253 e. The van der Waals surface area contributed by atoms with Gasteiger partial charge in [-0.1, -0.05) is 11.6 Å². The molecule has 0 aromatic carbocycles. The highest BCUT2D eigenvalue weighted by Crippen LogP contribution is 2.19. The maximum absolute atomic E-state index is 6.62. The summed E-state index contributed by atoms with van der Waals surface area (Å²) >= 11 is 5.56. The molecule has 0 unspecified atom stereocenters. The molecule has 0 N–H and O–H groups in total. The molecule has 0 saturated heterocycles. The smallest absolute Gasteiger partial charge is 0.241 e. The lowest BCUT2D eigenvalue weighted by Crippen LogP contribution is -1.84. The van der Waals surface area contributed by atoms with E-state index >= 15 is 0 Å². The average molecular weight is 154 g/mol. The molecule has 1 aromatic heterocycles. The maximum atomic E-state index is 6.62. The van der Waals surface area contributed by atoms with Crippen LogP contribution in [-0.4, -0.2) is 9.97 Å². The molecule has 10 heavy (non-hydrogen) atoms. The van der Waals surface area contributed by atoms with E-state index in [4.69, 9.17) is 18.2 Å². The van der Waals surface area contributed by atoms with E-state index in [0.717, 1.165) is 0 Å². The Kier molecular flexibility index (Phi) is 1.83. The fourth-order valence-electron chi connectivity index (χ4n) is 0.511. The predicted molar refractivity (Wildman–Crippen MR) is 38.0 cm³/mol. The molecule has 0 atom stereocenters. The minimum Gasteiger partial charge on any atom is -0.253 e. The second-order valence-electron chi connectivity index (χ2n) is 1.71. The van der Waals surface area contributed by atoms with Crippen LogP contribution >= 0.6 is 11.6 Å². The molecule has 0 spiro atoms. The summed E-state index contributed by atoms with van der Waals surface area (Å²) in [6.07, 6.45) is 1.41. The zero-order valence-corrected chi connectivity index (χ0v) is 6.05. The van der Waals surface area contributed by atoms with Gasteiger partial charge in [0, 0.05) is 6.20 Å². The van der Waals surface area contributed by atoms with Crippen molar-refractivity contribution in [3.8, 4) is 0 Å².